The number of amides is 2. The van der Waals surface area contributed by atoms with Crippen LogP contribution in [0.5, 0.6) is 0 Å². The maximum absolute atomic E-state index is 12.7. The Morgan fingerprint density at radius 3 is 2.40 bits per heavy atom. The summed E-state index contributed by atoms with van der Waals surface area (Å²) in [5.41, 5.74) is 1.10. The highest BCUT2D eigenvalue weighted by Crippen LogP contribution is 2.26. The summed E-state index contributed by atoms with van der Waals surface area (Å²) in [5, 5.41) is 0. The second-order valence-electron chi connectivity index (χ2n) is 7.13. The van der Waals surface area contributed by atoms with Crippen LogP contribution in [0, 0.1) is 0 Å². The summed E-state index contributed by atoms with van der Waals surface area (Å²) in [6.45, 7) is 6.58. The quantitative estimate of drug-likeness (QED) is 0.842. The average Bonchev–Trinajstić information content (AvgIpc) is 2.67. The molecule has 0 spiro atoms. The topological polar surface area (TPSA) is 43.9 Å². The molecule has 0 N–H and O–H groups in total. The summed E-state index contributed by atoms with van der Waals surface area (Å²) in [6, 6.07) is 10.0. The van der Waals surface area contributed by atoms with E-state index in [1.165, 1.54) is 19.3 Å². The average molecular weight is 343 g/mol. The van der Waals surface area contributed by atoms with Gasteiger partial charge in [0.25, 0.3) is 0 Å². The molecule has 0 radical (unpaired) electrons. The number of nitrogens with zero attached hydrogens (tertiary/aromatic N) is 3. The molecule has 0 aromatic heterocycles. The summed E-state index contributed by atoms with van der Waals surface area (Å²) in [5.74, 6) is 0.295. The fraction of sp³-hybridized carbons (Fsp3) is 0.600. The van der Waals surface area contributed by atoms with Gasteiger partial charge in [-0.3, -0.25) is 9.59 Å². The fourth-order valence-corrected chi connectivity index (χ4v) is 3.94. The smallest absolute Gasteiger partial charge is 0.224 e. The van der Waals surface area contributed by atoms with Crippen LogP contribution in [0.15, 0.2) is 30.3 Å². The maximum atomic E-state index is 12.7. The lowest BCUT2D eigenvalue weighted by atomic mass is 10.0. The number of rotatable bonds is 4. The number of likely N-dealkylation sites (tertiary alicyclic amines) is 1. The van der Waals surface area contributed by atoms with E-state index >= 15 is 0 Å². The highest BCUT2D eigenvalue weighted by atomic mass is 16.2. The van der Waals surface area contributed by atoms with Crippen LogP contribution in [0.1, 0.15) is 44.2 Å². The minimum absolute atomic E-state index is 0.0358. The number of benzene rings is 1. The van der Waals surface area contributed by atoms with Crippen LogP contribution < -0.4 is 0 Å². The van der Waals surface area contributed by atoms with E-state index in [2.05, 4.69) is 4.90 Å². The number of hydrogen-bond donors (Lipinski definition) is 0. The highest BCUT2D eigenvalue weighted by Gasteiger charge is 2.31. The third-order valence-corrected chi connectivity index (χ3v) is 5.41. The lowest BCUT2D eigenvalue weighted by Gasteiger charge is -2.41. The van der Waals surface area contributed by atoms with E-state index in [1.807, 2.05) is 40.1 Å². The molecule has 0 saturated carbocycles. The SMILES string of the molecule is CC(=O)N1CCN(C(=O)CCN2CCCCC2)CC1c1ccccc1. The molecule has 1 atom stereocenters. The van der Waals surface area contributed by atoms with Crippen LogP contribution in [0.25, 0.3) is 0 Å². The van der Waals surface area contributed by atoms with Gasteiger partial charge in [0.15, 0.2) is 0 Å². The Bertz CT molecular complexity index is 584. The van der Waals surface area contributed by atoms with Gasteiger partial charge in [0.2, 0.25) is 11.8 Å². The van der Waals surface area contributed by atoms with Crippen LogP contribution in [-0.2, 0) is 9.59 Å². The van der Waals surface area contributed by atoms with Gasteiger partial charge < -0.3 is 14.7 Å². The van der Waals surface area contributed by atoms with Crippen molar-refractivity contribution in [3.63, 3.8) is 0 Å². The Labute approximate surface area is 150 Å². The molecule has 5 nitrogen and oxygen atoms in total. The molecule has 2 fully saturated rings. The van der Waals surface area contributed by atoms with Gasteiger partial charge in [0, 0.05) is 39.5 Å². The van der Waals surface area contributed by atoms with E-state index in [0.29, 0.717) is 26.1 Å². The largest absolute Gasteiger partial charge is 0.338 e. The Balaban J connectivity index is 1.61. The molecule has 0 bridgehead atoms. The van der Waals surface area contributed by atoms with Crippen LogP contribution in [-0.4, -0.2) is 65.8 Å². The Hall–Kier alpha value is -1.88. The lowest BCUT2D eigenvalue weighted by molar-refractivity contribution is -0.142. The van der Waals surface area contributed by atoms with Gasteiger partial charge in [-0.2, -0.15) is 0 Å². The molecular weight excluding hydrogens is 314 g/mol. The van der Waals surface area contributed by atoms with Gasteiger partial charge in [0.05, 0.1) is 6.04 Å². The van der Waals surface area contributed by atoms with Crippen molar-refractivity contribution < 1.29 is 9.59 Å². The fourth-order valence-electron chi connectivity index (χ4n) is 3.94. The van der Waals surface area contributed by atoms with Gasteiger partial charge in [0.1, 0.15) is 0 Å². The van der Waals surface area contributed by atoms with Crippen molar-refractivity contribution in [3.05, 3.63) is 35.9 Å². The van der Waals surface area contributed by atoms with Gasteiger partial charge in [-0.15, -0.1) is 0 Å². The van der Waals surface area contributed by atoms with Gasteiger partial charge in [-0.05, 0) is 31.5 Å². The Kier molecular flexibility index (Phi) is 6.08. The molecule has 136 valence electrons. The zero-order chi connectivity index (χ0) is 17.6. The first-order chi connectivity index (χ1) is 12.1. The molecule has 0 aliphatic carbocycles. The number of carbonyl (C=O) groups excluding carboxylic acids is 2. The number of piperidine rings is 1. The van der Waals surface area contributed by atoms with E-state index < -0.39 is 0 Å². The predicted octanol–water partition coefficient (Wildman–Crippen LogP) is 2.29. The molecule has 3 rings (SSSR count). The molecule has 1 unspecified atom stereocenters. The van der Waals surface area contributed by atoms with E-state index in [4.69, 9.17) is 0 Å². The van der Waals surface area contributed by atoms with Crippen molar-refractivity contribution >= 4 is 11.8 Å². The normalized spacial score (nSPS) is 22.0. The molecule has 2 saturated heterocycles. The minimum atomic E-state index is -0.0358. The molecule has 2 amide bonds. The van der Waals surface area contributed by atoms with Gasteiger partial charge in [-0.25, -0.2) is 0 Å². The monoisotopic (exact) mass is 343 g/mol. The second-order valence-corrected chi connectivity index (χ2v) is 7.13. The molecule has 2 aliphatic rings. The number of piperazine rings is 1. The highest BCUT2D eigenvalue weighted by molar-refractivity contribution is 5.78. The molecule has 1 aromatic carbocycles. The minimum Gasteiger partial charge on any atom is -0.338 e. The zero-order valence-corrected chi connectivity index (χ0v) is 15.2. The van der Waals surface area contributed by atoms with E-state index in [-0.39, 0.29) is 17.9 Å². The Morgan fingerprint density at radius 1 is 1.00 bits per heavy atom. The maximum Gasteiger partial charge on any atom is 0.224 e. The van der Waals surface area contributed by atoms with Crippen LogP contribution >= 0.6 is 0 Å². The first-order valence-corrected chi connectivity index (χ1v) is 9.47. The third-order valence-electron chi connectivity index (χ3n) is 5.41. The lowest BCUT2D eigenvalue weighted by Crippen LogP contribution is -2.52. The number of carbonyl (C=O) groups is 2. The first kappa shape index (κ1) is 17.9. The van der Waals surface area contributed by atoms with Crippen molar-refractivity contribution in [1.29, 1.82) is 0 Å². The van der Waals surface area contributed by atoms with E-state index in [1.54, 1.807) is 6.92 Å². The van der Waals surface area contributed by atoms with Crippen molar-refractivity contribution in [2.45, 2.75) is 38.6 Å². The van der Waals surface area contributed by atoms with Gasteiger partial charge in [-0.1, -0.05) is 36.8 Å². The number of hydrogen-bond acceptors (Lipinski definition) is 3. The van der Waals surface area contributed by atoms with E-state index in [0.717, 1.165) is 25.2 Å². The van der Waals surface area contributed by atoms with Crippen molar-refractivity contribution in [2.75, 3.05) is 39.3 Å². The molecule has 2 heterocycles. The van der Waals surface area contributed by atoms with Gasteiger partial charge >= 0.3 is 0 Å². The van der Waals surface area contributed by atoms with Crippen molar-refractivity contribution in [3.8, 4) is 0 Å². The van der Waals surface area contributed by atoms with Crippen LogP contribution in [0.4, 0.5) is 0 Å². The van der Waals surface area contributed by atoms with Crippen LogP contribution in [0.3, 0.4) is 0 Å². The predicted molar refractivity (Wildman–Crippen MR) is 98.1 cm³/mol. The zero-order valence-electron chi connectivity index (χ0n) is 15.2. The first-order valence-electron chi connectivity index (χ1n) is 9.47. The standard InChI is InChI=1S/C20H29N3O2/c1-17(24)23-15-14-22(16-19(23)18-8-4-2-5-9-18)20(25)10-13-21-11-6-3-7-12-21/h2,4-5,8-9,19H,3,6-7,10-16H2,1H3. The molecule has 1 aromatic rings. The summed E-state index contributed by atoms with van der Waals surface area (Å²) in [6.07, 6.45) is 4.40. The summed E-state index contributed by atoms with van der Waals surface area (Å²) in [4.78, 5) is 30.9. The summed E-state index contributed by atoms with van der Waals surface area (Å²) in [7, 11) is 0. The summed E-state index contributed by atoms with van der Waals surface area (Å²) >= 11 is 0. The molecular formula is C20H29N3O2. The Morgan fingerprint density at radius 2 is 1.72 bits per heavy atom. The van der Waals surface area contributed by atoms with Crippen LogP contribution in [0.2, 0.25) is 0 Å². The molecule has 2 aliphatic heterocycles. The molecule has 5 heteroatoms. The summed E-state index contributed by atoms with van der Waals surface area (Å²) < 4.78 is 0. The van der Waals surface area contributed by atoms with E-state index in [9.17, 15) is 9.59 Å². The molecule has 25 heavy (non-hydrogen) atoms. The van der Waals surface area contributed by atoms with Crippen molar-refractivity contribution in [2.24, 2.45) is 0 Å². The third kappa shape index (κ3) is 4.60. The second kappa shape index (κ2) is 8.48. The van der Waals surface area contributed by atoms with Crippen molar-refractivity contribution in [1.82, 2.24) is 14.7 Å².